The van der Waals surface area contributed by atoms with Crippen molar-refractivity contribution in [2.24, 2.45) is 5.84 Å². The molecular weight excluding hydrogens is 316 g/mol. The van der Waals surface area contributed by atoms with Crippen LogP contribution >= 0.6 is 15.9 Å². The summed E-state index contributed by atoms with van der Waals surface area (Å²) < 4.78 is 6.87. The molecule has 2 aromatic rings. The Morgan fingerprint density at radius 2 is 2.05 bits per heavy atom. The molecule has 0 bridgehead atoms. The highest BCUT2D eigenvalue weighted by atomic mass is 79.9. The minimum absolute atomic E-state index is 0.0822. The van der Waals surface area contributed by atoms with Gasteiger partial charge in [-0.3, -0.25) is 11.3 Å². The first-order valence-electron chi connectivity index (χ1n) is 6.73. The van der Waals surface area contributed by atoms with Crippen molar-refractivity contribution in [3.05, 3.63) is 63.6 Å². The van der Waals surface area contributed by atoms with E-state index in [0.29, 0.717) is 0 Å². The van der Waals surface area contributed by atoms with E-state index in [1.54, 1.807) is 0 Å². The molecule has 1 unspecified atom stereocenters. The first-order chi connectivity index (χ1) is 9.78. The predicted octanol–water partition coefficient (Wildman–Crippen LogP) is 3.13. The van der Waals surface area contributed by atoms with Crippen molar-refractivity contribution in [3.63, 3.8) is 0 Å². The van der Waals surface area contributed by atoms with Crippen molar-refractivity contribution < 1.29 is 4.74 Å². The summed E-state index contributed by atoms with van der Waals surface area (Å²) in [7, 11) is 0. The molecule has 1 atom stereocenters. The smallest absolute Gasteiger partial charge is 0.125 e. The van der Waals surface area contributed by atoms with Crippen LogP contribution in [0.3, 0.4) is 0 Å². The number of hydrogen-bond donors (Lipinski definition) is 2. The number of nitrogens with two attached hydrogens (primary N) is 1. The summed E-state index contributed by atoms with van der Waals surface area (Å²) in [5.74, 6) is 6.77. The third kappa shape index (κ3) is 2.73. The van der Waals surface area contributed by atoms with Crippen molar-refractivity contribution in [2.45, 2.75) is 18.9 Å². The Hall–Kier alpha value is -1.36. The monoisotopic (exact) mass is 332 g/mol. The molecule has 2 aromatic carbocycles. The van der Waals surface area contributed by atoms with Gasteiger partial charge < -0.3 is 4.74 Å². The second-order valence-corrected chi connectivity index (χ2v) is 5.90. The molecule has 0 aromatic heterocycles. The molecule has 0 saturated carbocycles. The van der Waals surface area contributed by atoms with E-state index >= 15 is 0 Å². The zero-order valence-electron chi connectivity index (χ0n) is 11.1. The zero-order chi connectivity index (χ0) is 13.9. The normalized spacial score (nSPS) is 14.7. The molecule has 0 fully saturated rings. The number of hydrogen-bond acceptors (Lipinski definition) is 3. The van der Waals surface area contributed by atoms with Gasteiger partial charge in [0.05, 0.1) is 12.6 Å². The van der Waals surface area contributed by atoms with Gasteiger partial charge in [0.2, 0.25) is 0 Å². The highest BCUT2D eigenvalue weighted by molar-refractivity contribution is 9.10. The lowest BCUT2D eigenvalue weighted by Crippen LogP contribution is -2.29. The van der Waals surface area contributed by atoms with Crippen molar-refractivity contribution in [2.75, 3.05) is 6.61 Å². The molecule has 20 heavy (non-hydrogen) atoms. The average Bonchev–Trinajstić information content (AvgIpc) is 2.93. The molecule has 1 aliphatic rings. The van der Waals surface area contributed by atoms with Crippen molar-refractivity contribution in [1.29, 1.82) is 0 Å². The first kappa shape index (κ1) is 13.6. The summed E-state index contributed by atoms with van der Waals surface area (Å²) >= 11 is 3.58. The zero-order valence-corrected chi connectivity index (χ0v) is 12.7. The Morgan fingerprint density at radius 3 is 2.80 bits per heavy atom. The molecule has 3 rings (SSSR count). The highest BCUT2D eigenvalue weighted by Crippen LogP contribution is 2.35. The number of nitrogens with one attached hydrogen (secondary N) is 1. The maximum absolute atomic E-state index is 5.78. The topological polar surface area (TPSA) is 47.3 Å². The second kappa shape index (κ2) is 5.95. The van der Waals surface area contributed by atoms with Crippen LogP contribution in [0.15, 0.2) is 46.9 Å². The minimum atomic E-state index is 0.0822. The van der Waals surface area contributed by atoms with Crippen LogP contribution in [-0.4, -0.2) is 6.61 Å². The maximum Gasteiger partial charge on any atom is 0.125 e. The maximum atomic E-state index is 5.78. The van der Waals surface area contributed by atoms with Crippen LogP contribution in [0.5, 0.6) is 5.75 Å². The summed E-state index contributed by atoms with van der Waals surface area (Å²) in [5, 5.41) is 0. The van der Waals surface area contributed by atoms with E-state index in [0.717, 1.165) is 29.7 Å². The van der Waals surface area contributed by atoms with E-state index in [-0.39, 0.29) is 6.04 Å². The van der Waals surface area contributed by atoms with Gasteiger partial charge in [-0.1, -0.05) is 46.3 Å². The quantitative estimate of drug-likeness (QED) is 0.668. The molecule has 3 N–H and O–H groups in total. The fourth-order valence-electron chi connectivity index (χ4n) is 2.68. The Bertz CT molecular complexity index is 601. The largest absolute Gasteiger partial charge is 0.493 e. The van der Waals surface area contributed by atoms with E-state index in [1.165, 1.54) is 16.7 Å². The van der Waals surface area contributed by atoms with E-state index < -0.39 is 0 Å². The summed E-state index contributed by atoms with van der Waals surface area (Å²) in [6.07, 6.45) is 1.79. The molecule has 0 aliphatic carbocycles. The highest BCUT2D eigenvalue weighted by Gasteiger charge is 2.20. The summed E-state index contributed by atoms with van der Waals surface area (Å²) in [4.78, 5) is 0. The lowest BCUT2D eigenvalue weighted by Gasteiger charge is -2.18. The van der Waals surface area contributed by atoms with Gasteiger partial charge >= 0.3 is 0 Å². The Morgan fingerprint density at radius 1 is 1.25 bits per heavy atom. The number of rotatable bonds is 4. The lowest BCUT2D eigenvalue weighted by atomic mass is 9.97. The third-order valence-corrected chi connectivity index (χ3v) is 4.11. The van der Waals surface area contributed by atoms with Crippen molar-refractivity contribution >= 4 is 15.9 Å². The van der Waals surface area contributed by atoms with Crippen LogP contribution in [0.2, 0.25) is 0 Å². The molecule has 104 valence electrons. The van der Waals surface area contributed by atoms with Crippen LogP contribution in [0.4, 0.5) is 0 Å². The van der Waals surface area contributed by atoms with Gasteiger partial charge in [-0.2, -0.15) is 0 Å². The standard InChI is InChI=1S/C16H17BrN2O/c17-14-8-12-6-7-20-16(12)13(9-14)10-15(19-18)11-4-2-1-3-5-11/h1-5,8-9,15,19H,6-7,10,18H2. The van der Waals surface area contributed by atoms with Crippen LogP contribution in [0.25, 0.3) is 0 Å². The molecular formula is C16H17BrN2O. The van der Waals surface area contributed by atoms with Gasteiger partial charge in [0.1, 0.15) is 5.75 Å². The SMILES string of the molecule is NNC(Cc1cc(Br)cc2c1OCC2)c1ccccc1. The fraction of sp³-hybridized carbons (Fsp3) is 0.250. The Balaban J connectivity index is 1.91. The van der Waals surface area contributed by atoms with Gasteiger partial charge in [0.25, 0.3) is 0 Å². The molecule has 0 spiro atoms. The first-order valence-corrected chi connectivity index (χ1v) is 7.52. The minimum Gasteiger partial charge on any atom is -0.493 e. The second-order valence-electron chi connectivity index (χ2n) is 4.99. The molecule has 0 saturated heterocycles. The van der Waals surface area contributed by atoms with E-state index in [2.05, 4.69) is 45.6 Å². The number of fused-ring (bicyclic) bond motifs is 1. The molecule has 0 radical (unpaired) electrons. The Kier molecular flexibility index (Phi) is 4.05. The number of benzene rings is 2. The predicted molar refractivity (Wildman–Crippen MR) is 83.6 cm³/mol. The van der Waals surface area contributed by atoms with Gasteiger partial charge in [-0.05, 0) is 35.2 Å². The van der Waals surface area contributed by atoms with E-state index in [9.17, 15) is 0 Å². The molecule has 3 nitrogen and oxygen atoms in total. The van der Waals surface area contributed by atoms with Crippen LogP contribution in [-0.2, 0) is 12.8 Å². The summed E-state index contributed by atoms with van der Waals surface area (Å²) in [6, 6.07) is 14.6. The Labute approximate surface area is 127 Å². The van der Waals surface area contributed by atoms with Crippen molar-refractivity contribution in [3.8, 4) is 5.75 Å². The van der Waals surface area contributed by atoms with E-state index in [4.69, 9.17) is 10.6 Å². The molecule has 1 aliphatic heterocycles. The number of hydrazine groups is 1. The van der Waals surface area contributed by atoms with Crippen LogP contribution in [0, 0.1) is 0 Å². The van der Waals surface area contributed by atoms with Crippen LogP contribution < -0.4 is 16.0 Å². The van der Waals surface area contributed by atoms with Gasteiger partial charge in [0.15, 0.2) is 0 Å². The van der Waals surface area contributed by atoms with Gasteiger partial charge in [-0.25, -0.2) is 0 Å². The molecule has 4 heteroatoms. The number of ether oxygens (including phenoxy) is 1. The molecule has 0 amide bonds. The van der Waals surface area contributed by atoms with Gasteiger partial charge in [0, 0.05) is 10.9 Å². The average molecular weight is 333 g/mol. The summed E-state index contributed by atoms with van der Waals surface area (Å²) in [5.41, 5.74) is 6.56. The fourth-order valence-corrected chi connectivity index (χ4v) is 3.23. The van der Waals surface area contributed by atoms with E-state index in [1.807, 2.05) is 18.2 Å². The summed E-state index contributed by atoms with van der Waals surface area (Å²) in [6.45, 7) is 0.769. The van der Waals surface area contributed by atoms with Crippen molar-refractivity contribution in [1.82, 2.24) is 5.43 Å². The van der Waals surface area contributed by atoms with Gasteiger partial charge in [-0.15, -0.1) is 0 Å². The lowest BCUT2D eigenvalue weighted by molar-refractivity contribution is 0.351. The number of halogens is 1. The third-order valence-electron chi connectivity index (χ3n) is 3.65. The van der Waals surface area contributed by atoms with Crippen LogP contribution in [0.1, 0.15) is 22.7 Å². The molecule has 1 heterocycles.